The molecular formula is C18H33NO4. The van der Waals surface area contributed by atoms with Crippen LogP contribution < -0.4 is 5.32 Å². The van der Waals surface area contributed by atoms with Crippen LogP contribution in [0.5, 0.6) is 0 Å². The van der Waals surface area contributed by atoms with Crippen LogP contribution in [-0.4, -0.2) is 28.8 Å². The number of unbranched alkanes of at least 4 members (excludes halogenated alkanes) is 2. The second-order valence-corrected chi connectivity index (χ2v) is 7.10. The van der Waals surface area contributed by atoms with E-state index in [0.29, 0.717) is 12.8 Å². The number of rotatable bonds is 10. The number of hydrogen-bond donors (Lipinski definition) is 2. The first-order valence-corrected chi connectivity index (χ1v) is 8.45. The molecule has 1 atom stereocenters. The number of nitrogens with one attached hydrogen (secondary N) is 1. The average Bonchev–Trinajstić information content (AvgIpc) is 2.46. The Morgan fingerprint density at radius 2 is 1.78 bits per heavy atom. The minimum atomic E-state index is -1.06. The molecule has 0 aromatic heterocycles. The van der Waals surface area contributed by atoms with Crippen LogP contribution in [0.1, 0.15) is 73.1 Å². The van der Waals surface area contributed by atoms with Crippen LogP contribution in [-0.2, 0) is 9.53 Å². The highest BCUT2D eigenvalue weighted by atomic mass is 16.6. The number of carboxylic acid groups (broad SMARTS) is 1. The summed E-state index contributed by atoms with van der Waals surface area (Å²) in [6.07, 6.45) is 6.32. The molecule has 1 amide bonds. The fraction of sp³-hybridized carbons (Fsp3) is 0.778. The summed E-state index contributed by atoms with van der Waals surface area (Å²) in [5.41, 5.74) is -1.12. The lowest BCUT2D eigenvalue weighted by molar-refractivity contribution is -0.142. The summed E-state index contributed by atoms with van der Waals surface area (Å²) >= 11 is 0. The standard InChI is InChI=1S/C18H33NO4/c1-7-10-11-12-13-18(8-2,9-3)23-16(22)19-14(15(20)21)17(4,5)6/h7,14H,1,8-13H2,2-6H3,(H,19,22)(H,20,21)/t14-/m1/s1. The van der Waals surface area contributed by atoms with Crippen LogP contribution in [0.3, 0.4) is 0 Å². The SMILES string of the molecule is C=CCCCCC(CC)(CC)OC(=O)N[C@H](C(=O)O)C(C)(C)C. The van der Waals surface area contributed by atoms with Gasteiger partial charge in [0.2, 0.25) is 0 Å². The van der Waals surface area contributed by atoms with E-state index in [-0.39, 0.29) is 0 Å². The zero-order chi connectivity index (χ0) is 18.1. The Kier molecular flexibility index (Phi) is 8.95. The molecule has 0 aliphatic rings. The number of hydrogen-bond acceptors (Lipinski definition) is 3. The lowest BCUT2D eigenvalue weighted by atomic mass is 9.87. The maximum atomic E-state index is 12.2. The average molecular weight is 327 g/mol. The van der Waals surface area contributed by atoms with Crippen LogP contribution in [0.2, 0.25) is 0 Å². The number of carbonyl (C=O) groups is 2. The number of alkyl carbamates (subject to hydrolysis) is 1. The van der Waals surface area contributed by atoms with E-state index < -0.39 is 29.1 Å². The van der Waals surface area contributed by atoms with Crippen LogP contribution in [0, 0.1) is 5.41 Å². The van der Waals surface area contributed by atoms with Crippen molar-refractivity contribution in [2.45, 2.75) is 84.8 Å². The molecule has 0 aromatic rings. The van der Waals surface area contributed by atoms with Crippen molar-refractivity contribution in [1.29, 1.82) is 0 Å². The molecule has 0 heterocycles. The number of allylic oxidation sites excluding steroid dienone is 1. The summed E-state index contributed by atoms with van der Waals surface area (Å²) in [5, 5.41) is 11.8. The first-order valence-electron chi connectivity index (χ1n) is 8.45. The molecule has 23 heavy (non-hydrogen) atoms. The Labute approximate surface area is 140 Å². The zero-order valence-electron chi connectivity index (χ0n) is 15.3. The molecule has 0 aliphatic heterocycles. The van der Waals surface area contributed by atoms with E-state index in [1.54, 1.807) is 20.8 Å². The van der Waals surface area contributed by atoms with Gasteiger partial charge >= 0.3 is 12.1 Å². The van der Waals surface area contributed by atoms with E-state index in [2.05, 4.69) is 11.9 Å². The molecule has 0 aliphatic carbocycles. The van der Waals surface area contributed by atoms with Gasteiger partial charge in [-0.25, -0.2) is 9.59 Å². The summed E-state index contributed by atoms with van der Waals surface area (Å²) in [5.74, 6) is -1.06. The molecule has 0 rings (SSSR count). The van der Waals surface area contributed by atoms with Crippen molar-refractivity contribution >= 4 is 12.1 Å². The number of carboxylic acids is 1. The lowest BCUT2D eigenvalue weighted by Crippen LogP contribution is -2.51. The van der Waals surface area contributed by atoms with E-state index >= 15 is 0 Å². The third-order valence-electron chi connectivity index (χ3n) is 4.26. The first-order chi connectivity index (χ1) is 10.6. The fourth-order valence-corrected chi connectivity index (χ4v) is 2.53. The van der Waals surface area contributed by atoms with Crippen molar-refractivity contribution in [3.63, 3.8) is 0 Å². The van der Waals surface area contributed by atoms with Gasteiger partial charge in [-0.3, -0.25) is 0 Å². The Morgan fingerprint density at radius 3 is 2.17 bits per heavy atom. The molecule has 0 bridgehead atoms. The Morgan fingerprint density at radius 1 is 1.22 bits per heavy atom. The largest absolute Gasteiger partial charge is 0.480 e. The van der Waals surface area contributed by atoms with Crippen molar-refractivity contribution in [2.75, 3.05) is 0 Å². The molecule has 0 fully saturated rings. The van der Waals surface area contributed by atoms with Gasteiger partial charge in [-0.15, -0.1) is 6.58 Å². The van der Waals surface area contributed by atoms with Gasteiger partial charge in [-0.05, 0) is 43.9 Å². The smallest absolute Gasteiger partial charge is 0.408 e. The van der Waals surface area contributed by atoms with E-state index in [1.807, 2.05) is 19.9 Å². The number of amides is 1. The molecule has 5 nitrogen and oxygen atoms in total. The maximum Gasteiger partial charge on any atom is 0.408 e. The number of carbonyl (C=O) groups excluding carboxylic acids is 1. The molecule has 0 unspecified atom stereocenters. The maximum absolute atomic E-state index is 12.2. The Bertz CT molecular complexity index is 394. The van der Waals surface area contributed by atoms with E-state index in [9.17, 15) is 14.7 Å². The summed E-state index contributed by atoms with van der Waals surface area (Å²) < 4.78 is 5.65. The second-order valence-electron chi connectivity index (χ2n) is 7.10. The van der Waals surface area contributed by atoms with Crippen molar-refractivity contribution in [3.05, 3.63) is 12.7 Å². The van der Waals surface area contributed by atoms with Crippen LogP contribution in [0.25, 0.3) is 0 Å². The Hall–Kier alpha value is -1.52. The number of ether oxygens (including phenoxy) is 1. The molecule has 5 heteroatoms. The monoisotopic (exact) mass is 327 g/mol. The third-order valence-corrected chi connectivity index (χ3v) is 4.26. The van der Waals surface area contributed by atoms with E-state index in [4.69, 9.17) is 4.74 Å². The topological polar surface area (TPSA) is 75.6 Å². The van der Waals surface area contributed by atoms with Gasteiger partial charge in [-0.1, -0.05) is 40.7 Å². The molecule has 0 aromatic carbocycles. The highest BCUT2D eigenvalue weighted by molar-refractivity contribution is 5.80. The summed E-state index contributed by atoms with van der Waals surface area (Å²) in [6.45, 7) is 13.0. The van der Waals surface area contributed by atoms with Crippen molar-refractivity contribution in [3.8, 4) is 0 Å². The van der Waals surface area contributed by atoms with Gasteiger partial charge in [0.05, 0.1) is 0 Å². The van der Waals surface area contributed by atoms with Crippen LogP contribution >= 0.6 is 0 Å². The van der Waals surface area contributed by atoms with Gasteiger partial charge in [0, 0.05) is 0 Å². The van der Waals surface area contributed by atoms with Crippen LogP contribution in [0.4, 0.5) is 4.79 Å². The number of aliphatic carboxylic acids is 1. The van der Waals surface area contributed by atoms with Gasteiger partial charge in [-0.2, -0.15) is 0 Å². The Balaban J connectivity index is 4.83. The molecule has 0 saturated carbocycles. The van der Waals surface area contributed by atoms with Crippen molar-refractivity contribution in [2.24, 2.45) is 5.41 Å². The normalized spacial score (nSPS) is 13.3. The van der Waals surface area contributed by atoms with Gasteiger partial charge in [0.25, 0.3) is 0 Å². The predicted octanol–water partition coefficient (Wildman–Crippen LogP) is 4.52. The highest BCUT2D eigenvalue weighted by Gasteiger charge is 2.36. The molecule has 0 spiro atoms. The highest BCUT2D eigenvalue weighted by Crippen LogP contribution is 2.28. The molecule has 0 saturated heterocycles. The van der Waals surface area contributed by atoms with Crippen molar-refractivity contribution < 1.29 is 19.4 Å². The van der Waals surface area contributed by atoms with Gasteiger partial charge in [0.1, 0.15) is 11.6 Å². The molecule has 134 valence electrons. The first kappa shape index (κ1) is 21.5. The molecule has 0 radical (unpaired) electrons. The summed E-state index contributed by atoms with van der Waals surface area (Å²) in [7, 11) is 0. The zero-order valence-corrected chi connectivity index (χ0v) is 15.3. The van der Waals surface area contributed by atoms with Crippen LogP contribution in [0.15, 0.2) is 12.7 Å². The van der Waals surface area contributed by atoms with E-state index in [1.165, 1.54) is 0 Å². The minimum absolute atomic E-state index is 0.536. The van der Waals surface area contributed by atoms with E-state index in [0.717, 1.165) is 25.7 Å². The summed E-state index contributed by atoms with van der Waals surface area (Å²) in [6, 6.07) is -0.984. The fourth-order valence-electron chi connectivity index (χ4n) is 2.53. The molecule has 2 N–H and O–H groups in total. The molecular weight excluding hydrogens is 294 g/mol. The summed E-state index contributed by atoms with van der Waals surface area (Å²) in [4.78, 5) is 23.6. The lowest BCUT2D eigenvalue weighted by Gasteiger charge is -2.34. The minimum Gasteiger partial charge on any atom is -0.480 e. The second kappa shape index (κ2) is 9.58. The van der Waals surface area contributed by atoms with Gasteiger partial charge in [0.15, 0.2) is 0 Å². The predicted molar refractivity (Wildman–Crippen MR) is 92.5 cm³/mol. The third kappa shape index (κ3) is 7.53. The van der Waals surface area contributed by atoms with Crippen molar-refractivity contribution in [1.82, 2.24) is 5.32 Å². The quantitative estimate of drug-likeness (QED) is 0.457. The van der Waals surface area contributed by atoms with Gasteiger partial charge < -0.3 is 15.2 Å².